The highest BCUT2D eigenvalue weighted by Gasteiger charge is 2.23. The highest BCUT2D eigenvalue weighted by atomic mass is 16.5. The summed E-state index contributed by atoms with van der Waals surface area (Å²) in [6, 6.07) is 2.99. The van der Waals surface area contributed by atoms with Crippen LogP contribution < -0.4 is 19.5 Å². The fraction of sp³-hybridized carbons (Fsp3) is 0.500. The number of benzene rings is 1. The average molecular weight is 382 g/mol. The Kier molecular flexibility index (Phi) is 8.91. The molecule has 9 nitrogen and oxygen atoms in total. The van der Waals surface area contributed by atoms with Gasteiger partial charge in [-0.1, -0.05) is 0 Å². The number of rotatable bonds is 10. The van der Waals surface area contributed by atoms with E-state index in [0.717, 1.165) is 0 Å². The summed E-state index contributed by atoms with van der Waals surface area (Å²) in [6.07, 6.45) is 0. The molecule has 1 aromatic carbocycles. The van der Waals surface area contributed by atoms with Crippen molar-refractivity contribution in [1.29, 1.82) is 0 Å². The van der Waals surface area contributed by atoms with Gasteiger partial charge in [-0.15, -0.1) is 0 Å². The topological polar surface area (TPSA) is 103 Å². The van der Waals surface area contributed by atoms with Crippen LogP contribution >= 0.6 is 0 Å². The van der Waals surface area contributed by atoms with Crippen LogP contribution in [0.15, 0.2) is 12.1 Å². The molecule has 27 heavy (non-hydrogen) atoms. The molecule has 2 amide bonds. The number of ether oxygens (including phenoxy) is 4. The Morgan fingerprint density at radius 2 is 1.67 bits per heavy atom. The number of amides is 2. The zero-order chi connectivity index (χ0) is 20.4. The Bertz CT molecular complexity index is 676. The Hall–Kier alpha value is -2.97. The molecule has 0 saturated carbocycles. The molecule has 0 atom stereocenters. The van der Waals surface area contributed by atoms with Crippen molar-refractivity contribution in [2.45, 2.75) is 13.8 Å². The molecule has 0 spiro atoms. The molecular formula is C18H26N2O7. The molecule has 0 saturated heterocycles. The lowest BCUT2D eigenvalue weighted by Crippen LogP contribution is -2.42. The summed E-state index contributed by atoms with van der Waals surface area (Å²) in [6.45, 7) is 3.71. The predicted octanol–water partition coefficient (Wildman–Crippen LogP) is 0.854. The minimum absolute atomic E-state index is 0.0923. The molecule has 0 aromatic heterocycles. The van der Waals surface area contributed by atoms with Crippen molar-refractivity contribution >= 4 is 17.8 Å². The van der Waals surface area contributed by atoms with Crippen molar-refractivity contribution in [2.24, 2.45) is 0 Å². The normalized spacial score (nSPS) is 9.96. The maximum absolute atomic E-state index is 12.4. The third-order valence-electron chi connectivity index (χ3n) is 3.69. The maximum Gasteiger partial charge on any atom is 0.342 e. The number of carbonyl (C=O) groups is 3. The van der Waals surface area contributed by atoms with E-state index in [4.69, 9.17) is 18.9 Å². The van der Waals surface area contributed by atoms with Gasteiger partial charge in [-0.2, -0.15) is 0 Å². The quantitative estimate of drug-likeness (QED) is 0.599. The van der Waals surface area contributed by atoms with E-state index in [1.807, 2.05) is 0 Å². The minimum Gasteiger partial charge on any atom is -0.493 e. The van der Waals surface area contributed by atoms with Gasteiger partial charge in [-0.3, -0.25) is 9.59 Å². The molecule has 1 aromatic rings. The molecule has 0 bridgehead atoms. The van der Waals surface area contributed by atoms with Crippen molar-refractivity contribution in [1.82, 2.24) is 10.2 Å². The van der Waals surface area contributed by atoms with E-state index in [2.05, 4.69) is 5.32 Å². The van der Waals surface area contributed by atoms with Crippen LogP contribution in [-0.2, 0) is 14.3 Å². The average Bonchev–Trinajstić information content (AvgIpc) is 2.68. The van der Waals surface area contributed by atoms with Crippen LogP contribution in [0.3, 0.4) is 0 Å². The first kappa shape index (κ1) is 22.1. The fourth-order valence-corrected chi connectivity index (χ4v) is 2.36. The number of likely N-dealkylation sites (N-methyl/N-ethyl adjacent to an activating group) is 2. The molecule has 150 valence electrons. The van der Waals surface area contributed by atoms with E-state index in [1.165, 1.54) is 38.4 Å². The Morgan fingerprint density at radius 3 is 2.19 bits per heavy atom. The van der Waals surface area contributed by atoms with Crippen LogP contribution in [0.5, 0.6) is 17.2 Å². The Morgan fingerprint density at radius 1 is 1.00 bits per heavy atom. The van der Waals surface area contributed by atoms with Gasteiger partial charge in [0.25, 0.3) is 5.91 Å². The molecule has 0 unspecified atom stereocenters. The van der Waals surface area contributed by atoms with Gasteiger partial charge in [0.1, 0.15) is 5.56 Å². The lowest BCUT2D eigenvalue weighted by molar-refractivity contribution is -0.138. The summed E-state index contributed by atoms with van der Waals surface area (Å²) in [5.74, 6) is -0.732. The maximum atomic E-state index is 12.4. The number of nitrogens with one attached hydrogen (secondary N) is 1. The van der Waals surface area contributed by atoms with E-state index in [1.54, 1.807) is 13.8 Å². The SMILES string of the molecule is CCNC(=O)CN(CC)C(=O)COC(=O)c1ccc(OC)c(OC)c1OC. The van der Waals surface area contributed by atoms with Gasteiger partial charge in [0.05, 0.1) is 27.9 Å². The van der Waals surface area contributed by atoms with Gasteiger partial charge in [0.15, 0.2) is 18.1 Å². The monoisotopic (exact) mass is 382 g/mol. The molecule has 1 N–H and O–H groups in total. The van der Waals surface area contributed by atoms with Crippen molar-refractivity contribution in [3.63, 3.8) is 0 Å². The molecule has 9 heteroatoms. The second-order valence-corrected chi connectivity index (χ2v) is 5.32. The molecule has 0 heterocycles. The zero-order valence-electron chi connectivity index (χ0n) is 16.3. The van der Waals surface area contributed by atoms with E-state index in [9.17, 15) is 14.4 Å². The summed E-state index contributed by atoms with van der Waals surface area (Å²) in [4.78, 5) is 37.5. The smallest absolute Gasteiger partial charge is 0.342 e. The van der Waals surface area contributed by atoms with Crippen LogP contribution in [0.4, 0.5) is 0 Å². The van der Waals surface area contributed by atoms with Crippen LogP contribution in [0.25, 0.3) is 0 Å². The summed E-state index contributed by atoms with van der Waals surface area (Å²) >= 11 is 0. The summed E-state index contributed by atoms with van der Waals surface area (Å²) in [5.41, 5.74) is 0.0923. The van der Waals surface area contributed by atoms with Crippen molar-refractivity contribution < 1.29 is 33.3 Å². The van der Waals surface area contributed by atoms with Crippen molar-refractivity contribution in [2.75, 3.05) is 47.6 Å². The fourth-order valence-electron chi connectivity index (χ4n) is 2.36. The van der Waals surface area contributed by atoms with E-state index < -0.39 is 18.5 Å². The molecule has 0 aliphatic carbocycles. The lowest BCUT2D eigenvalue weighted by atomic mass is 10.1. The number of hydrogen-bond donors (Lipinski definition) is 1. The highest BCUT2D eigenvalue weighted by Crippen LogP contribution is 2.39. The van der Waals surface area contributed by atoms with Gasteiger partial charge in [0, 0.05) is 13.1 Å². The second kappa shape index (κ2) is 10.9. The van der Waals surface area contributed by atoms with Crippen LogP contribution in [0, 0.1) is 0 Å². The Labute approximate surface area is 158 Å². The molecular weight excluding hydrogens is 356 g/mol. The van der Waals surface area contributed by atoms with Gasteiger partial charge in [-0.05, 0) is 26.0 Å². The number of methoxy groups -OCH3 is 3. The lowest BCUT2D eigenvalue weighted by Gasteiger charge is -2.20. The van der Waals surface area contributed by atoms with Crippen LogP contribution in [0.1, 0.15) is 24.2 Å². The van der Waals surface area contributed by atoms with E-state index in [0.29, 0.717) is 18.8 Å². The minimum atomic E-state index is -0.754. The molecule has 0 aliphatic rings. The molecule has 0 fully saturated rings. The third kappa shape index (κ3) is 5.77. The first-order chi connectivity index (χ1) is 12.9. The standard InChI is InChI=1S/C18H26N2O7/c1-6-19-14(21)10-20(7-2)15(22)11-27-18(23)12-8-9-13(24-3)17(26-5)16(12)25-4/h8-9H,6-7,10-11H2,1-5H3,(H,19,21). The third-order valence-corrected chi connectivity index (χ3v) is 3.69. The van der Waals surface area contributed by atoms with Gasteiger partial charge >= 0.3 is 5.97 Å². The van der Waals surface area contributed by atoms with Gasteiger partial charge in [-0.25, -0.2) is 4.79 Å². The van der Waals surface area contributed by atoms with Crippen molar-refractivity contribution in [3.05, 3.63) is 17.7 Å². The molecule has 1 rings (SSSR count). The second-order valence-electron chi connectivity index (χ2n) is 5.32. The Balaban J connectivity index is 2.84. The largest absolute Gasteiger partial charge is 0.493 e. The van der Waals surface area contributed by atoms with Gasteiger partial charge in [0.2, 0.25) is 11.7 Å². The zero-order valence-corrected chi connectivity index (χ0v) is 16.3. The first-order valence-electron chi connectivity index (χ1n) is 8.43. The predicted molar refractivity (Wildman–Crippen MR) is 97.3 cm³/mol. The van der Waals surface area contributed by atoms with Crippen molar-refractivity contribution in [3.8, 4) is 17.2 Å². The summed E-state index contributed by atoms with van der Waals surface area (Å²) < 4.78 is 20.7. The summed E-state index contributed by atoms with van der Waals surface area (Å²) in [5, 5.41) is 2.61. The number of esters is 1. The molecule has 0 aliphatic heterocycles. The molecule has 0 radical (unpaired) electrons. The van der Waals surface area contributed by atoms with Crippen LogP contribution in [-0.4, -0.2) is 70.3 Å². The number of nitrogens with zero attached hydrogens (tertiary/aromatic N) is 1. The number of hydrogen-bond acceptors (Lipinski definition) is 7. The summed E-state index contributed by atoms with van der Waals surface area (Å²) in [7, 11) is 4.26. The first-order valence-corrected chi connectivity index (χ1v) is 8.43. The highest BCUT2D eigenvalue weighted by molar-refractivity contribution is 5.95. The van der Waals surface area contributed by atoms with E-state index >= 15 is 0 Å². The van der Waals surface area contributed by atoms with Crippen LogP contribution in [0.2, 0.25) is 0 Å². The van der Waals surface area contributed by atoms with Gasteiger partial charge < -0.3 is 29.2 Å². The van der Waals surface area contributed by atoms with E-state index in [-0.39, 0.29) is 29.5 Å². The number of carbonyl (C=O) groups excluding carboxylic acids is 3.